The van der Waals surface area contributed by atoms with Gasteiger partial charge in [-0.05, 0) is 17.3 Å². The molecule has 0 saturated carbocycles. The molecule has 0 aliphatic carbocycles. The van der Waals surface area contributed by atoms with Crippen LogP contribution in [0.2, 0.25) is 0 Å². The third-order valence-corrected chi connectivity index (χ3v) is 3.99. The molecule has 0 atom stereocenters. The van der Waals surface area contributed by atoms with E-state index >= 15 is 0 Å². The van der Waals surface area contributed by atoms with Gasteiger partial charge in [-0.25, -0.2) is 0 Å². The number of hydrogen-bond donors (Lipinski definition) is 0. The van der Waals surface area contributed by atoms with Crippen molar-refractivity contribution in [1.82, 2.24) is 0 Å². The van der Waals surface area contributed by atoms with Gasteiger partial charge in [-0.1, -0.05) is 47.8 Å². The monoisotopic (exact) mass is 348 g/mol. The zero-order valence-electron chi connectivity index (χ0n) is 7.79. The lowest BCUT2D eigenvalue weighted by Gasteiger charge is -2.01. The molecule has 0 aliphatic rings. The highest BCUT2D eigenvalue weighted by Crippen LogP contribution is 2.20. The molecule has 0 bridgehead atoms. The lowest BCUT2D eigenvalue weighted by atomic mass is 10.4. The molecule has 0 unspecified atom stereocenters. The van der Waals surface area contributed by atoms with Crippen LogP contribution >= 0.6 is 47.8 Å². The molecule has 0 radical (unpaired) electrons. The Balaban J connectivity index is 3.38. The van der Waals surface area contributed by atoms with Crippen LogP contribution in [-0.2, 0) is 0 Å². The van der Waals surface area contributed by atoms with E-state index in [9.17, 15) is 0 Å². The van der Waals surface area contributed by atoms with Crippen molar-refractivity contribution >= 4 is 63.0 Å². The third-order valence-electron chi connectivity index (χ3n) is 1.01. The molecule has 0 aliphatic heterocycles. The molecule has 4 heteroatoms. The second kappa shape index (κ2) is 3.52. The first kappa shape index (κ1) is 5.51. The van der Waals surface area contributed by atoms with Crippen molar-refractivity contribution in [1.29, 1.82) is 3.70 Å². The van der Waals surface area contributed by atoms with Crippen LogP contribution in [0.5, 0.6) is 0 Å². The van der Waals surface area contributed by atoms with Gasteiger partial charge in [-0.15, -0.1) is 0 Å². The van der Waals surface area contributed by atoms with Crippen LogP contribution in [0.4, 0.5) is 0 Å². The maximum absolute atomic E-state index is 7.42. The minimum Gasteiger partial charge on any atom is -0.0509 e. The molecular formula is C6H5Br3Si. The maximum Gasteiger partial charge on any atom is 0.0414 e. The standard InChI is InChI=1S/C6H5Br3Si/c7-3-1-4(8)6(10)5(9)2-3/h1-2H,10H3/i10T3. The van der Waals surface area contributed by atoms with Gasteiger partial charge in [0.1, 0.15) is 0 Å². The summed E-state index contributed by atoms with van der Waals surface area (Å²) >= 11 is 9.78. The molecule has 0 fully saturated rings. The zero-order valence-corrected chi connectivity index (χ0v) is 10.5. The fraction of sp³-hybridized carbons (Fsp3) is 0. The largest absolute Gasteiger partial charge is 0.0509 e. The van der Waals surface area contributed by atoms with Crippen molar-refractivity contribution in [2.75, 3.05) is 0 Å². The maximum atomic E-state index is 7.42. The Hall–Kier alpha value is 0.877. The molecule has 0 N–H and O–H groups in total. The number of rotatable bonds is 1. The summed E-state index contributed by atoms with van der Waals surface area (Å²) in [4.78, 5) is 0. The van der Waals surface area contributed by atoms with Crippen molar-refractivity contribution in [3.05, 3.63) is 25.6 Å². The Kier molecular flexibility index (Phi) is 1.94. The summed E-state index contributed by atoms with van der Waals surface area (Å²) in [5, 5.41) is 0.440. The second-order valence-electron chi connectivity index (χ2n) is 1.74. The Morgan fingerprint density at radius 1 is 1.20 bits per heavy atom. The van der Waals surface area contributed by atoms with Crippen LogP contribution in [0.3, 0.4) is 0 Å². The summed E-state index contributed by atoms with van der Waals surface area (Å²) in [7, 11) is -3.51. The zero-order chi connectivity index (χ0) is 10.2. The highest BCUT2D eigenvalue weighted by atomic mass is 79.9. The molecule has 0 aromatic heterocycles. The smallest absolute Gasteiger partial charge is 0.0414 e. The summed E-state index contributed by atoms with van der Waals surface area (Å²) in [5.41, 5.74) is 0. The predicted molar refractivity (Wildman–Crippen MR) is 59.1 cm³/mol. The van der Waals surface area contributed by atoms with E-state index in [1.54, 1.807) is 12.1 Å². The topological polar surface area (TPSA) is 0 Å². The minimum absolute atomic E-state index is 0.440. The highest BCUT2D eigenvalue weighted by molar-refractivity contribution is 9.11. The number of hydrogen-bond acceptors (Lipinski definition) is 0. The van der Waals surface area contributed by atoms with Gasteiger partial charge in [0.05, 0.1) is 0 Å². The van der Waals surface area contributed by atoms with E-state index in [4.69, 9.17) is 3.70 Å². The average molecular weight is 351 g/mol. The summed E-state index contributed by atoms with van der Waals surface area (Å²) in [5.74, 6) is 0. The van der Waals surface area contributed by atoms with Crippen LogP contribution in [0, 0.1) is 0 Å². The van der Waals surface area contributed by atoms with Gasteiger partial charge in [0.25, 0.3) is 0 Å². The summed E-state index contributed by atoms with van der Waals surface area (Å²) in [6, 6.07) is 3.50. The first-order valence-corrected chi connectivity index (χ1v) is 5.35. The van der Waals surface area contributed by atoms with Crippen LogP contribution in [0.1, 0.15) is 0 Å². The van der Waals surface area contributed by atoms with E-state index in [0.29, 0.717) is 14.1 Å². The average Bonchev–Trinajstić information content (AvgIpc) is 1.78. The molecule has 1 rings (SSSR count). The molecule has 1 aromatic rings. The summed E-state index contributed by atoms with van der Waals surface area (Å²) in [6.07, 6.45) is 0. The number of halogens is 3. The van der Waals surface area contributed by atoms with Crippen LogP contribution in [-0.4, -0.2) is 13.7 Å². The van der Waals surface area contributed by atoms with Crippen molar-refractivity contribution in [3.63, 3.8) is 0 Å². The van der Waals surface area contributed by atoms with Gasteiger partial charge >= 0.3 is 0 Å². The highest BCUT2D eigenvalue weighted by Gasteiger charge is 1.99. The lowest BCUT2D eigenvalue weighted by Crippen LogP contribution is -2.05. The minimum atomic E-state index is -3.51. The lowest BCUT2D eigenvalue weighted by molar-refractivity contribution is 1.61. The van der Waals surface area contributed by atoms with Crippen LogP contribution in [0.15, 0.2) is 25.6 Å². The van der Waals surface area contributed by atoms with Gasteiger partial charge < -0.3 is 0 Å². The van der Waals surface area contributed by atoms with Crippen molar-refractivity contribution in [2.24, 2.45) is 0 Å². The molecule has 54 valence electrons. The third kappa shape index (κ3) is 1.93. The van der Waals surface area contributed by atoms with Crippen molar-refractivity contribution in [2.45, 2.75) is 0 Å². The number of benzene rings is 1. The molecule has 0 amide bonds. The summed E-state index contributed by atoms with van der Waals surface area (Å²) < 4.78 is 24.4. The fourth-order valence-corrected chi connectivity index (χ4v) is 2.95. The van der Waals surface area contributed by atoms with E-state index < -0.39 is 10.0 Å². The molecule has 0 heterocycles. The predicted octanol–water partition coefficient (Wildman–Crippen LogP) is 1.96. The fourth-order valence-electron chi connectivity index (χ4n) is 0.542. The second-order valence-corrected chi connectivity index (χ2v) is 4.87. The van der Waals surface area contributed by atoms with E-state index in [1.165, 1.54) is 0 Å². The van der Waals surface area contributed by atoms with Crippen molar-refractivity contribution in [3.8, 4) is 0 Å². The van der Waals surface area contributed by atoms with Crippen LogP contribution in [0.25, 0.3) is 0 Å². The first-order chi connectivity index (χ1) is 5.82. The Labute approximate surface area is 91.9 Å². The van der Waals surface area contributed by atoms with E-state index in [2.05, 4.69) is 47.8 Å². The molecular weight excluding hydrogens is 340 g/mol. The first-order valence-electron chi connectivity index (χ1n) is 3.97. The Morgan fingerprint density at radius 2 is 1.70 bits per heavy atom. The van der Waals surface area contributed by atoms with Gasteiger partial charge in [-0.2, -0.15) is 0 Å². The van der Waals surface area contributed by atoms with Gasteiger partial charge in [0.15, 0.2) is 0 Å². The SMILES string of the molecule is [3H][Si]([3H])([3H])c1c(Br)cc(Br)cc1Br. The quantitative estimate of drug-likeness (QED) is 0.679. The normalized spacial score (nSPS) is 15.7. The molecule has 0 spiro atoms. The molecule has 10 heavy (non-hydrogen) atoms. The van der Waals surface area contributed by atoms with Gasteiger partial charge in [-0.3, -0.25) is 0 Å². The Morgan fingerprint density at radius 3 is 2.10 bits per heavy atom. The van der Waals surface area contributed by atoms with Gasteiger partial charge in [0.2, 0.25) is 0 Å². The summed E-state index contributed by atoms with van der Waals surface area (Å²) in [6.45, 7) is 0. The van der Waals surface area contributed by atoms with E-state index in [0.717, 1.165) is 4.47 Å². The molecule has 0 nitrogen and oxygen atoms in total. The van der Waals surface area contributed by atoms with E-state index in [1.807, 2.05) is 0 Å². The van der Waals surface area contributed by atoms with E-state index in [-0.39, 0.29) is 0 Å². The van der Waals surface area contributed by atoms with Gasteiger partial charge in [0, 0.05) is 27.2 Å². The Bertz CT molecular complexity index is 313. The molecule has 1 aromatic carbocycles. The molecule has 0 saturated heterocycles. The van der Waals surface area contributed by atoms with Crippen molar-refractivity contribution < 1.29 is 0 Å². The van der Waals surface area contributed by atoms with Crippen LogP contribution < -0.4 is 5.19 Å².